The number of aromatic nitrogens is 1. The summed E-state index contributed by atoms with van der Waals surface area (Å²) in [6.07, 6.45) is 4.03. The van der Waals surface area contributed by atoms with E-state index >= 15 is 0 Å². The van der Waals surface area contributed by atoms with Crippen molar-refractivity contribution < 1.29 is 9.13 Å². The maximum absolute atomic E-state index is 13.0. The highest BCUT2D eigenvalue weighted by molar-refractivity contribution is 5.82. The Bertz CT molecular complexity index is 1100. The molecule has 1 aromatic heterocycles. The summed E-state index contributed by atoms with van der Waals surface area (Å²) in [4.78, 5) is 4.66. The molecule has 3 heteroatoms. The average Bonchev–Trinajstić information content (AvgIpc) is 2.72. The van der Waals surface area contributed by atoms with Crippen LogP contribution in [-0.2, 0) is 0 Å². The molecule has 0 radical (unpaired) electrons. The molecule has 0 atom stereocenters. The molecule has 4 rings (SSSR count). The number of nitrogens with zero attached hydrogens (tertiary/aromatic N) is 1. The number of benzene rings is 3. The number of hydrogen-bond donors (Lipinski definition) is 0. The van der Waals surface area contributed by atoms with Crippen molar-refractivity contribution in [1.82, 2.24) is 4.98 Å². The van der Waals surface area contributed by atoms with Crippen LogP contribution in [0.5, 0.6) is 5.75 Å². The molecule has 0 bridgehead atoms. The molecule has 0 aliphatic rings. The van der Waals surface area contributed by atoms with Gasteiger partial charge >= 0.3 is 0 Å². The summed E-state index contributed by atoms with van der Waals surface area (Å²) >= 11 is 0. The van der Waals surface area contributed by atoms with Gasteiger partial charge in [-0.25, -0.2) is 9.37 Å². The molecular weight excluding hydrogens is 337 g/mol. The van der Waals surface area contributed by atoms with Gasteiger partial charge in [-0.05, 0) is 59.2 Å². The van der Waals surface area contributed by atoms with Crippen LogP contribution >= 0.6 is 0 Å². The molecule has 132 valence electrons. The van der Waals surface area contributed by atoms with E-state index in [4.69, 9.17) is 4.74 Å². The second-order valence-corrected chi connectivity index (χ2v) is 6.26. The van der Waals surface area contributed by atoms with Crippen molar-refractivity contribution in [1.29, 1.82) is 0 Å². The van der Waals surface area contributed by atoms with E-state index in [1.807, 2.05) is 66.7 Å². The van der Waals surface area contributed by atoms with Crippen LogP contribution in [0.1, 0.15) is 11.3 Å². The fourth-order valence-electron chi connectivity index (χ4n) is 2.95. The number of halogens is 1. The van der Waals surface area contributed by atoms with E-state index in [2.05, 4.69) is 4.98 Å². The first-order chi connectivity index (χ1) is 13.2. The predicted molar refractivity (Wildman–Crippen MR) is 109 cm³/mol. The number of rotatable bonds is 4. The van der Waals surface area contributed by atoms with Crippen LogP contribution < -0.4 is 4.74 Å². The van der Waals surface area contributed by atoms with Gasteiger partial charge in [0.2, 0.25) is 0 Å². The van der Waals surface area contributed by atoms with Crippen molar-refractivity contribution >= 4 is 23.1 Å². The Morgan fingerprint density at radius 1 is 0.778 bits per heavy atom. The van der Waals surface area contributed by atoms with Gasteiger partial charge in [-0.3, -0.25) is 0 Å². The predicted octanol–water partition coefficient (Wildman–Crippen LogP) is 6.22. The fraction of sp³-hybridized carbons (Fsp3) is 0.0417. The van der Waals surface area contributed by atoms with Crippen LogP contribution in [-0.4, -0.2) is 12.1 Å². The zero-order valence-electron chi connectivity index (χ0n) is 14.9. The highest BCUT2D eigenvalue weighted by atomic mass is 19.1. The molecule has 0 saturated carbocycles. The largest absolute Gasteiger partial charge is 0.497 e. The van der Waals surface area contributed by atoms with Gasteiger partial charge in [0.25, 0.3) is 0 Å². The number of ether oxygens (including phenoxy) is 1. The summed E-state index contributed by atoms with van der Waals surface area (Å²) in [5, 5.41) is 1.05. The molecule has 3 aromatic carbocycles. The van der Waals surface area contributed by atoms with E-state index in [1.165, 1.54) is 12.1 Å². The molecule has 0 aliphatic heterocycles. The van der Waals surface area contributed by atoms with Crippen molar-refractivity contribution in [3.63, 3.8) is 0 Å². The van der Waals surface area contributed by atoms with Gasteiger partial charge in [0.05, 0.1) is 18.3 Å². The Hall–Kier alpha value is -3.46. The minimum Gasteiger partial charge on any atom is -0.497 e. The zero-order chi connectivity index (χ0) is 18.6. The van der Waals surface area contributed by atoms with Gasteiger partial charge in [-0.2, -0.15) is 0 Å². The molecule has 0 N–H and O–H groups in total. The molecule has 0 unspecified atom stereocenters. The highest BCUT2D eigenvalue weighted by Crippen LogP contribution is 2.22. The summed E-state index contributed by atoms with van der Waals surface area (Å²) in [6.45, 7) is 0. The molecule has 2 nitrogen and oxygen atoms in total. The van der Waals surface area contributed by atoms with Gasteiger partial charge in [-0.15, -0.1) is 0 Å². The Morgan fingerprint density at radius 2 is 1.48 bits per heavy atom. The summed E-state index contributed by atoms with van der Waals surface area (Å²) in [7, 11) is 1.66. The van der Waals surface area contributed by atoms with Crippen LogP contribution in [0, 0.1) is 5.82 Å². The summed E-state index contributed by atoms with van der Waals surface area (Å²) < 4.78 is 18.3. The Kier molecular flexibility index (Phi) is 4.67. The molecular formula is C24H18FNO. The monoisotopic (exact) mass is 355 g/mol. The molecule has 0 fully saturated rings. The minimum absolute atomic E-state index is 0.223. The second kappa shape index (κ2) is 7.42. The Morgan fingerprint density at radius 3 is 2.19 bits per heavy atom. The van der Waals surface area contributed by atoms with E-state index in [0.29, 0.717) is 0 Å². The number of methoxy groups -OCH3 is 1. The highest BCUT2D eigenvalue weighted by Gasteiger charge is 2.00. The first-order valence-electron chi connectivity index (χ1n) is 8.70. The molecule has 0 saturated heterocycles. The third kappa shape index (κ3) is 3.87. The lowest BCUT2D eigenvalue weighted by Gasteiger charge is -2.03. The van der Waals surface area contributed by atoms with Gasteiger partial charge in [0, 0.05) is 5.39 Å². The van der Waals surface area contributed by atoms with E-state index in [9.17, 15) is 4.39 Å². The van der Waals surface area contributed by atoms with Crippen LogP contribution in [0.3, 0.4) is 0 Å². The molecule has 27 heavy (non-hydrogen) atoms. The molecule has 0 amide bonds. The maximum Gasteiger partial charge on any atom is 0.123 e. The van der Waals surface area contributed by atoms with Crippen LogP contribution in [0.25, 0.3) is 34.2 Å². The van der Waals surface area contributed by atoms with Crippen LogP contribution in [0.15, 0.2) is 78.9 Å². The molecule has 0 spiro atoms. The van der Waals surface area contributed by atoms with E-state index in [0.717, 1.165) is 39.0 Å². The first kappa shape index (κ1) is 17.0. The maximum atomic E-state index is 13.0. The summed E-state index contributed by atoms with van der Waals surface area (Å²) in [5.41, 5.74) is 4.97. The smallest absolute Gasteiger partial charge is 0.123 e. The molecule has 1 heterocycles. The van der Waals surface area contributed by atoms with E-state index < -0.39 is 0 Å². The fourth-order valence-corrected chi connectivity index (χ4v) is 2.95. The second-order valence-electron chi connectivity index (χ2n) is 6.26. The van der Waals surface area contributed by atoms with Crippen LogP contribution in [0.2, 0.25) is 0 Å². The minimum atomic E-state index is -0.223. The zero-order valence-corrected chi connectivity index (χ0v) is 14.9. The van der Waals surface area contributed by atoms with Crippen molar-refractivity contribution in [2.45, 2.75) is 0 Å². The third-order valence-corrected chi connectivity index (χ3v) is 4.45. The van der Waals surface area contributed by atoms with Crippen molar-refractivity contribution in [3.8, 4) is 16.9 Å². The van der Waals surface area contributed by atoms with E-state index in [-0.39, 0.29) is 5.82 Å². The SMILES string of the molecule is COc1ccc2nc(C=Cc3ccc(-c4ccc(F)cc4)cc3)ccc2c1. The summed E-state index contributed by atoms with van der Waals surface area (Å²) in [5.74, 6) is 0.605. The Labute approximate surface area is 157 Å². The summed E-state index contributed by atoms with van der Waals surface area (Å²) in [6, 6.07) is 24.6. The third-order valence-electron chi connectivity index (χ3n) is 4.45. The van der Waals surface area contributed by atoms with Gasteiger partial charge < -0.3 is 4.74 Å². The number of pyridine rings is 1. The normalized spacial score (nSPS) is 11.2. The number of hydrogen-bond acceptors (Lipinski definition) is 2. The van der Waals surface area contributed by atoms with Crippen molar-refractivity contribution in [2.75, 3.05) is 7.11 Å². The lowest BCUT2D eigenvalue weighted by Crippen LogP contribution is -1.86. The standard InChI is InChI=1S/C24H18FNO/c1-27-23-14-15-24-20(16-23)9-13-22(26-24)12-4-17-2-5-18(6-3-17)19-7-10-21(25)11-8-19/h2-16H,1H3. The number of fused-ring (bicyclic) bond motifs is 1. The van der Waals surface area contributed by atoms with Crippen molar-refractivity contribution in [3.05, 3.63) is 95.9 Å². The van der Waals surface area contributed by atoms with Gasteiger partial charge in [-0.1, -0.05) is 48.5 Å². The quantitative estimate of drug-likeness (QED) is 0.433. The van der Waals surface area contributed by atoms with Crippen molar-refractivity contribution in [2.24, 2.45) is 0 Å². The van der Waals surface area contributed by atoms with Crippen LogP contribution in [0.4, 0.5) is 4.39 Å². The van der Waals surface area contributed by atoms with Gasteiger partial charge in [0.15, 0.2) is 0 Å². The van der Waals surface area contributed by atoms with Gasteiger partial charge in [0.1, 0.15) is 11.6 Å². The average molecular weight is 355 g/mol. The van der Waals surface area contributed by atoms with E-state index in [1.54, 1.807) is 19.2 Å². The lowest BCUT2D eigenvalue weighted by molar-refractivity contribution is 0.415. The first-order valence-corrected chi connectivity index (χ1v) is 8.70. The topological polar surface area (TPSA) is 22.1 Å². The molecule has 0 aliphatic carbocycles. The lowest BCUT2D eigenvalue weighted by atomic mass is 10.0. The molecule has 4 aromatic rings. The Balaban J connectivity index is 1.53.